The van der Waals surface area contributed by atoms with Crippen molar-refractivity contribution < 1.29 is 19.3 Å². The van der Waals surface area contributed by atoms with Crippen LogP contribution in [-0.4, -0.2) is 24.9 Å². The molecule has 4 heteroatoms. The van der Waals surface area contributed by atoms with Crippen LogP contribution in [0.3, 0.4) is 0 Å². The predicted molar refractivity (Wildman–Crippen MR) is 109 cm³/mol. The Morgan fingerprint density at radius 3 is 2.56 bits per heavy atom. The quantitative estimate of drug-likeness (QED) is 0.670. The van der Waals surface area contributed by atoms with Gasteiger partial charge < -0.3 is 19.3 Å². The van der Waals surface area contributed by atoms with Gasteiger partial charge in [0, 0.05) is 6.07 Å². The minimum Gasteiger partial charge on any atom is -0.504 e. The first kappa shape index (κ1) is 19.7. The fourth-order valence-electron chi connectivity index (χ4n) is 4.30. The van der Waals surface area contributed by atoms with Crippen LogP contribution in [0.5, 0.6) is 23.0 Å². The normalized spacial score (nSPS) is 29.6. The lowest BCUT2D eigenvalue weighted by Crippen LogP contribution is -2.36. The van der Waals surface area contributed by atoms with E-state index in [1.807, 2.05) is 12.2 Å². The van der Waals surface area contributed by atoms with Crippen LogP contribution in [0.15, 0.2) is 23.8 Å². The molecule has 4 nitrogen and oxygen atoms in total. The second-order valence-electron chi connectivity index (χ2n) is 8.48. The molecule has 0 unspecified atom stereocenters. The number of phenols is 1. The lowest BCUT2D eigenvalue weighted by atomic mass is 9.65. The topological polar surface area (TPSA) is 47.9 Å². The van der Waals surface area contributed by atoms with Gasteiger partial charge in [-0.2, -0.15) is 0 Å². The average molecular weight is 373 g/mol. The van der Waals surface area contributed by atoms with Gasteiger partial charge in [-0.25, -0.2) is 0 Å². The van der Waals surface area contributed by atoms with E-state index < -0.39 is 5.60 Å². The number of methoxy groups -OCH3 is 2. The molecule has 3 rings (SSSR count). The van der Waals surface area contributed by atoms with Crippen molar-refractivity contribution in [3.05, 3.63) is 29.4 Å². The lowest BCUT2D eigenvalue weighted by Gasteiger charge is -2.42. The Bertz CT molecular complexity index is 779. The highest BCUT2D eigenvalue weighted by atomic mass is 16.5. The van der Waals surface area contributed by atoms with Crippen molar-refractivity contribution in [2.45, 2.75) is 59.0 Å². The maximum absolute atomic E-state index is 10.4. The maximum Gasteiger partial charge on any atom is 0.173 e. The number of allylic oxidation sites excluding steroid dienone is 2. The van der Waals surface area contributed by atoms with E-state index in [0.717, 1.165) is 19.3 Å². The van der Waals surface area contributed by atoms with Crippen LogP contribution >= 0.6 is 0 Å². The van der Waals surface area contributed by atoms with Gasteiger partial charge in [-0.05, 0) is 63.0 Å². The molecule has 0 saturated carbocycles. The first-order valence-corrected chi connectivity index (χ1v) is 9.76. The van der Waals surface area contributed by atoms with Crippen molar-refractivity contribution in [1.82, 2.24) is 0 Å². The summed E-state index contributed by atoms with van der Waals surface area (Å²) in [5.74, 6) is 2.20. The molecule has 1 aliphatic heterocycles. The van der Waals surface area contributed by atoms with Crippen LogP contribution in [0.4, 0.5) is 0 Å². The molecular formula is C23H32O4. The Morgan fingerprint density at radius 2 is 1.89 bits per heavy atom. The molecule has 1 aliphatic carbocycles. The van der Waals surface area contributed by atoms with Crippen LogP contribution in [0, 0.1) is 11.3 Å². The number of benzene rings is 1. The summed E-state index contributed by atoms with van der Waals surface area (Å²) in [7, 11) is 3.13. The van der Waals surface area contributed by atoms with Crippen molar-refractivity contribution in [2.75, 3.05) is 14.2 Å². The van der Waals surface area contributed by atoms with Crippen molar-refractivity contribution >= 4 is 6.08 Å². The molecule has 148 valence electrons. The third kappa shape index (κ3) is 3.54. The number of ether oxygens (including phenoxy) is 3. The molecule has 0 saturated heterocycles. The Kier molecular flexibility index (Phi) is 5.20. The van der Waals surface area contributed by atoms with Gasteiger partial charge in [-0.15, -0.1) is 0 Å². The molecule has 0 bridgehead atoms. The highest BCUT2D eigenvalue weighted by Crippen LogP contribution is 2.50. The number of rotatable bonds is 5. The molecule has 0 fully saturated rings. The average Bonchev–Trinajstić information content (AvgIpc) is 2.65. The molecular weight excluding hydrogens is 340 g/mol. The number of hydrogen-bond acceptors (Lipinski definition) is 4. The summed E-state index contributed by atoms with van der Waals surface area (Å²) in [5.41, 5.74) is 1.96. The number of hydrogen-bond donors (Lipinski definition) is 1. The van der Waals surface area contributed by atoms with Crippen molar-refractivity contribution in [1.29, 1.82) is 0 Å². The number of fused-ring (bicyclic) bond motifs is 1. The zero-order valence-electron chi connectivity index (χ0n) is 17.4. The van der Waals surface area contributed by atoms with E-state index in [0.29, 0.717) is 28.7 Å². The van der Waals surface area contributed by atoms with Crippen molar-refractivity contribution in [3.63, 3.8) is 0 Å². The summed E-state index contributed by atoms with van der Waals surface area (Å²) >= 11 is 0. The van der Waals surface area contributed by atoms with Crippen LogP contribution < -0.4 is 14.2 Å². The molecule has 2 aliphatic rings. The van der Waals surface area contributed by atoms with E-state index in [4.69, 9.17) is 14.2 Å². The summed E-state index contributed by atoms with van der Waals surface area (Å²) in [6.07, 6.45) is 10.7. The largest absolute Gasteiger partial charge is 0.504 e. The molecule has 0 amide bonds. The van der Waals surface area contributed by atoms with Gasteiger partial charge in [0.25, 0.3) is 0 Å². The molecule has 27 heavy (non-hydrogen) atoms. The second kappa shape index (κ2) is 7.14. The van der Waals surface area contributed by atoms with E-state index in [2.05, 4.69) is 33.8 Å². The van der Waals surface area contributed by atoms with Crippen molar-refractivity contribution in [3.8, 4) is 23.0 Å². The zero-order valence-corrected chi connectivity index (χ0v) is 17.4. The monoisotopic (exact) mass is 372 g/mol. The summed E-state index contributed by atoms with van der Waals surface area (Å²) in [5, 5.41) is 10.4. The fraction of sp³-hybridized carbons (Fsp3) is 0.565. The third-order valence-electron chi connectivity index (χ3n) is 6.70. The Balaban J connectivity index is 1.83. The van der Waals surface area contributed by atoms with E-state index in [9.17, 15) is 5.11 Å². The van der Waals surface area contributed by atoms with Gasteiger partial charge in [0.1, 0.15) is 5.60 Å². The fourth-order valence-corrected chi connectivity index (χ4v) is 4.30. The maximum atomic E-state index is 10.4. The van der Waals surface area contributed by atoms with E-state index in [1.165, 1.54) is 19.1 Å². The van der Waals surface area contributed by atoms with Gasteiger partial charge in [0.05, 0.1) is 19.8 Å². The van der Waals surface area contributed by atoms with Crippen LogP contribution in [0.2, 0.25) is 0 Å². The van der Waals surface area contributed by atoms with Gasteiger partial charge in [0.2, 0.25) is 0 Å². The summed E-state index contributed by atoms with van der Waals surface area (Å²) < 4.78 is 17.1. The Hall–Kier alpha value is -2.10. The van der Waals surface area contributed by atoms with Gasteiger partial charge in [-0.1, -0.05) is 25.5 Å². The zero-order chi connectivity index (χ0) is 19.8. The van der Waals surface area contributed by atoms with Crippen LogP contribution in [-0.2, 0) is 0 Å². The Labute approximate surface area is 162 Å². The first-order chi connectivity index (χ1) is 12.7. The minimum absolute atomic E-state index is 0.0835. The second-order valence-corrected chi connectivity index (χ2v) is 8.48. The molecule has 3 atom stereocenters. The van der Waals surface area contributed by atoms with Crippen LogP contribution in [0.25, 0.3) is 6.08 Å². The summed E-state index contributed by atoms with van der Waals surface area (Å²) in [6, 6.07) is 1.67. The Morgan fingerprint density at radius 1 is 1.19 bits per heavy atom. The molecule has 1 aromatic carbocycles. The number of aromatic hydroxyl groups is 1. The molecule has 0 spiro atoms. The minimum atomic E-state index is -0.431. The van der Waals surface area contributed by atoms with Gasteiger partial charge in [-0.3, -0.25) is 0 Å². The first-order valence-electron chi connectivity index (χ1n) is 9.76. The van der Waals surface area contributed by atoms with E-state index in [-0.39, 0.29) is 11.2 Å². The highest BCUT2D eigenvalue weighted by Gasteiger charge is 2.38. The van der Waals surface area contributed by atoms with Crippen LogP contribution in [0.1, 0.15) is 58.9 Å². The summed E-state index contributed by atoms with van der Waals surface area (Å²) in [6.45, 7) is 9.09. The number of phenolic OH excluding ortho intramolecular Hbond substituents is 1. The van der Waals surface area contributed by atoms with Crippen molar-refractivity contribution in [2.24, 2.45) is 11.3 Å². The van der Waals surface area contributed by atoms with Gasteiger partial charge >= 0.3 is 0 Å². The third-order valence-corrected chi connectivity index (χ3v) is 6.70. The van der Waals surface area contributed by atoms with E-state index >= 15 is 0 Å². The molecule has 1 N–H and O–H groups in total. The van der Waals surface area contributed by atoms with E-state index in [1.54, 1.807) is 13.2 Å². The van der Waals surface area contributed by atoms with Gasteiger partial charge in [0.15, 0.2) is 23.0 Å². The standard InChI is InChI=1S/C23H32O4/c1-15-8-7-10-22(3,16(15)2)12-13-23(4)11-9-17-20(24)18(25-5)14-19(26-6)21(17)27-23/h8-9,11,14,16,24H,7,10,12-13H2,1-6H3/t16-,22-,23-/m1/s1. The predicted octanol–water partition coefficient (Wildman–Crippen LogP) is 5.74. The lowest BCUT2D eigenvalue weighted by molar-refractivity contribution is 0.0839. The molecule has 1 heterocycles. The molecule has 0 aromatic heterocycles. The molecule has 0 radical (unpaired) electrons. The SMILES string of the molecule is COc1cc(OC)c2c(c1O)C=C[C@](C)(CC[C@@]1(C)CCC=C(C)[C@H]1C)O2. The highest BCUT2D eigenvalue weighted by molar-refractivity contribution is 5.74. The molecule has 1 aromatic rings. The smallest absolute Gasteiger partial charge is 0.173 e. The summed E-state index contributed by atoms with van der Waals surface area (Å²) in [4.78, 5) is 0.